The van der Waals surface area contributed by atoms with E-state index >= 15 is 0 Å². The molecule has 22 heavy (non-hydrogen) atoms. The van der Waals surface area contributed by atoms with Gasteiger partial charge in [0.05, 0.1) is 0 Å². The van der Waals surface area contributed by atoms with Gasteiger partial charge in [-0.25, -0.2) is 18.1 Å². The topological polar surface area (TPSA) is 105 Å². The van der Waals surface area contributed by atoms with E-state index < -0.39 is 10.0 Å². The molecule has 8 nitrogen and oxygen atoms in total. The Kier molecular flexibility index (Phi) is 6.98. The lowest BCUT2D eigenvalue weighted by Gasteiger charge is -2.13. The number of nitrogens with zero attached hydrogens (tertiary/aromatic N) is 2. The normalized spacial score (nSPS) is 13.1. The first-order chi connectivity index (χ1) is 10.3. The lowest BCUT2D eigenvalue weighted by atomic mass is 10.3. The zero-order valence-corrected chi connectivity index (χ0v) is 14.3. The molecule has 1 aromatic rings. The molecule has 1 amide bonds. The van der Waals surface area contributed by atoms with Gasteiger partial charge in [-0.1, -0.05) is 6.92 Å². The van der Waals surface area contributed by atoms with Crippen molar-refractivity contribution in [1.82, 2.24) is 24.9 Å². The summed E-state index contributed by atoms with van der Waals surface area (Å²) >= 11 is 0. The smallest absolute Gasteiger partial charge is 0.259 e. The van der Waals surface area contributed by atoms with Gasteiger partial charge in [-0.3, -0.25) is 4.79 Å². The molecule has 126 valence electrons. The first kappa shape index (κ1) is 18.6. The fourth-order valence-corrected chi connectivity index (χ4v) is 2.87. The molecule has 0 aromatic carbocycles. The molecule has 0 aliphatic heterocycles. The Labute approximate surface area is 131 Å². The van der Waals surface area contributed by atoms with E-state index in [9.17, 15) is 13.2 Å². The summed E-state index contributed by atoms with van der Waals surface area (Å²) in [6, 6.07) is 0.183. The molecule has 0 aliphatic carbocycles. The van der Waals surface area contributed by atoms with Crippen LogP contribution in [0.4, 0.5) is 0 Å². The lowest BCUT2D eigenvalue weighted by molar-refractivity contribution is -0.121. The molecule has 9 heteroatoms. The predicted octanol–water partition coefficient (Wildman–Crippen LogP) is -0.489. The molecule has 0 spiro atoms. The second-order valence-corrected chi connectivity index (χ2v) is 6.86. The van der Waals surface area contributed by atoms with E-state index in [0.29, 0.717) is 12.4 Å². The average molecular weight is 331 g/mol. The summed E-state index contributed by atoms with van der Waals surface area (Å²) in [5, 5.41) is 5.89. The number of hydrogen-bond acceptors (Lipinski definition) is 5. The van der Waals surface area contributed by atoms with Gasteiger partial charge in [-0.05, 0) is 20.4 Å². The van der Waals surface area contributed by atoms with Crippen LogP contribution in [0.5, 0.6) is 0 Å². The van der Waals surface area contributed by atoms with Crippen LogP contribution in [0.3, 0.4) is 0 Å². The van der Waals surface area contributed by atoms with E-state index in [1.807, 2.05) is 13.8 Å². The molecule has 0 radical (unpaired) electrons. The van der Waals surface area contributed by atoms with Gasteiger partial charge in [0.15, 0.2) is 5.03 Å². The van der Waals surface area contributed by atoms with Crippen molar-refractivity contribution in [3.8, 4) is 0 Å². The fourth-order valence-electron chi connectivity index (χ4n) is 1.80. The third-order valence-electron chi connectivity index (χ3n) is 3.16. The number of imidazole rings is 1. The van der Waals surface area contributed by atoms with Crippen LogP contribution in [-0.4, -0.2) is 49.6 Å². The summed E-state index contributed by atoms with van der Waals surface area (Å²) in [6.45, 7) is 7.07. The highest BCUT2D eigenvalue weighted by molar-refractivity contribution is 7.89. The maximum atomic E-state index is 12.0. The number of aryl methyl sites for hydroxylation is 2. The summed E-state index contributed by atoms with van der Waals surface area (Å²) < 4.78 is 28.0. The van der Waals surface area contributed by atoms with Gasteiger partial charge in [-0.2, -0.15) is 0 Å². The monoisotopic (exact) mass is 331 g/mol. The van der Waals surface area contributed by atoms with Crippen molar-refractivity contribution in [2.75, 3.05) is 19.6 Å². The highest BCUT2D eigenvalue weighted by atomic mass is 32.2. The van der Waals surface area contributed by atoms with Crippen molar-refractivity contribution in [2.45, 2.75) is 38.3 Å². The molecule has 0 unspecified atom stereocenters. The van der Waals surface area contributed by atoms with Gasteiger partial charge in [0.2, 0.25) is 5.91 Å². The minimum Gasteiger partial charge on any atom is -0.355 e. The van der Waals surface area contributed by atoms with Crippen LogP contribution < -0.4 is 15.4 Å². The second kappa shape index (κ2) is 8.25. The number of carbonyl (C=O) groups excluding carboxylic acids is 1. The molecule has 0 saturated heterocycles. The zero-order valence-electron chi connectivity index (χ0n) is 13.5. The van der Waals surface area contributed by atoms with Crippen LogP contribution in [0.15, 0.2) is 11.2 Å². The minimum absolute atomic E-state index is 0.0336. The first-order valence-corrected chi connectivity index (χ1v) is 8.74. The highest BCUT2D eigenvalue weighted by Gasteiger charge is 2.18. The van der Waals surface area contributed by atoms with Crippen LogP contribution in [0.25, 0.3) is 0 Å². The minimum atomic E-state index is -3.67. The second-order valence-electron chi connectivity index (χ2n) is 5.15. The Bertz CT molecular complexity index is 577. The molecule has 0 aliphatic rings. The summed E-state index contributed by atoms with van der Waals surface area (Å²) in [5.41, 5.74) is 0. The molecule has 1 aromatic heterocycles. The van der Waals surface area contributed by atoms with Gasteiger partial charge < -0.3 is 15.2 Å². The Morgan fingerprint density at radius 1 is 1.45 bits per heavy atom. The molecule has 1 atom stereocenters. The molecule has 3 N–H and O–H groups in total. The van der Waals surface area contributed by atoms with Crippen molar-refractivity contribution < 1.29 is 13.2 Å². The van der Waals surface area contributed by atoms with Crippen molar-refractivity contribution >= 4 is 15.9 Å². The van der Waals surface area contributed by atoms with E-state index in [4.69, 9.17) is 0 Å². The van der Waals surface area contributed by atoms with E-state index in [1.54, 1.807) is 18.5 Å². The number of sulfonamides is 1. The van der Waals surface area contributed by atoms with Crippen LogP contribution in [0.2, 0.25) is 0 Å². The zero-order chi connectivity index (χ0) is 16.8. The van der Waals surface area contributed by atoms with Crippen molar-refractivity contribution in [2.24, 2.45) is 7.05 Å². The molecule has 0 saturated carbocycles. The summed E-state index contributed by atoms with van der Waals surface area (Å²) in [7, 11) is -1.95. The maximum Gasteiger partial charge on any atom is 0.259 e. The number of likely N-dealkylation sites (N-methyl/N-ethyl adjacent to an activating group) is 1. The van der Waals surface area contributed by atoms with Crippen LogP contribution in [-0.2, 0) is 21.9 Å². The number of aromatic nitrogens is 2. The van der Waals surface area contributed by atoms with Gasteiger partial charge in [0.25, 0.3) is 10.0 Å². The molecule has 0 bridgehead atoms. The van der Waals surface area contributed by atoms with Crippen LogP contribution in [0, 0.1) is 6.92 Å². The number of nitrogens with one attached hydrogen (secondary N) is 3. The van der Waals surface area contributed by atoms with E-state index in [-0.39, 0.29) is 29.9 Å². The SMILES string of the molecule is CCN[C@H](C)CNC(=O)CCNS(=O)(=O)c1cn(C)c(C)n1. The lowest BCUT2D eigenvalue weighted by Crippen LogP contribution is -2.39. The molecule has 1 rings (SSSR count). The molecule has 1 heterocycles. The number of rotatable bonds is 9. The maximum absolute atomic E-state index is 12.0. The third-order valence-corrected chi connectivity index (χ3v) is 4.50. The van der Waals surface area contributed by atoms with Crippen LogP contribution in [0.1, 0.15) is 26.1 Å². The fraction of sp³-hybridized carbons (Fsp3) is 0.692. The number of carbonyl (C=O) groups is 1. The summed E-state index contributed by atoms with van der Waals surface area (Å²) in [5.74, 6) is 0.417. The number of hydrogen-bond donors (Lipinski definition) is 3. The summed E-state index contributed by atoms with van der Waals surface area (Å²) in [6.07, 6.45) is 1.53. The van der Waals surface area contributed by atoms with Crippen molar-refractivity contribution in [3.63, 3.8) is 0 Å². The molecule has 0 fully saturated rings. The van der Waals surface area contributed by atoms with Gasteiger partial charge in [-0.15, -0.1) is 0 Å². The van der Waals surface area contributed by atoms with E-state index in [1.165, 1.54) is 6.20 Å². The van der Waals surface area contributed by atoms with E-state index in [2.05, 4.69) is 20.3 Å². The largest absolute Gasteiger partial charge is 0.355 e. The standard InChI is InChI=1S/C13H25N5O3S/c1-5-14-10(2)8-15-12(19)6-7-16-22(20,21)13-9-18(4)11(3)17-13/h9-10,14,16H,5-8H2,1-4H3,(H,15,19)/t10-/m1/s1. The number of amides is 1. The van der Waals surface area contributed by atoms with Crippen LogP contribution >= 0.6 is 0 Å². The average Bonchev–Trinajstić information content (AvgIpc) is 2.77. The third kappa shape index (κ3) is 5.74. The molecular formula is C13H25N5O3S. The first-order valence-electron chi connectivity index (χ1n) is 7.26. The Balaban J connectivity index is 2.38. The Morgan fingerprint density at radius 2 is 2.14 bits per heavy atom. The summed E-state index contributed by atoms with van der Waals surface area (Å²) in [4.78, 5) is 15.6. The quantitative estimate of drug-likeness (QED) is 0.566. The van der Waals surface area contributed by atoms with Gasteiger partial charge in [0.1, 0.15) is 5.82 Å². The predicted molar refractivity (Wildman–Crippen MR) is 83.9 cm³/mol. The van der Waals surface area contributed by atoms with Crippen molar-refractivity contribution in [3.05, 3.63) is 12.0 Å². The highest BCUT2D eigenvalue weighted by Crippen LogP contribution is 2.07. The van der Waals surface area contributed by atoms with Gasteiger partial charge >= 0.3 is 0 Å². The Hall–Kier alpha value is -1.45. The molecular weight excluding hydrogens is 306 g/mol. The van der Waals surface area contributed by atoms with Gasteiger partial charge in [0, 0.05) is 38.8 Å². The van der Waals surface area contributed by atoms with E-state index in [0.717, 1.165) is 6.54 Å². The van der Waals surface area contributed by atoms with Crippen molar-refractivity contribution in [1.29, 1.82) is 0 Å². The Morgan fingerprint density at radius 3 is 2.68 bits per heavy atom.